The van der Waals surface area contributed by atoms with Crippen molar-refractivity contribution in [2.45, 2.75) is 37.8 Å². The molecule has 1 nitrogen and oxygen atoms in total. The number of nitrogens with one attached hydrogen (secondary N) is 1. The third kappa shape index (κ3) is 1.95. The molecule has 20 heavy (non-hydrogen) atoms. The summed E-state index contributed by atoms with van der Waals surface area (Å²) in [6, 6.07) is 12.5. The fourth-order valence-electron chi connectivity index (χ4n) is 3.66. The summed E-state index contributed by atoms with van der Waals surface area (Å²) in [6.07, 6.45) is 7.21. The highest BCUT2D eigenvalue weighted by atomic mass is 19.1. The van der Waals surface area contributed by atoms with Gasteiger partial charge in [0.05, 0.1) is 0 Å². The second-order valence-electron chi connectivity index (χ2n) is 5.94. The molecule has 2 aromatic rings. The number of halogens is 1. The third-order valence-electron chi connectivity index (χ3n) is 4.60. The van der Waals surface area contributed by atoms with Gasteiger partial charge < -0.3 is 5.32 Å². The van der Waals surface area contributed by atoms with Crippen LogP contribution in [-0.2, 0) is 0 Å². The fourth-order valence-corrected chi connectivity index (χ4v) is 3.66. The summed E-state index contributed by atoms with van der Waals surface area (Å²) < 4.78 is 13.9. The van der Waals surface area contributed by atoms with Crippen molar-refractivity contribution in [3.05, 3.63) is 53.9 Å². The van der Waals surface area contributed by atoms with E-state index in [1.807, 2.05) is 30.3 Å². The van der Waals surface area contributed by atoms with E-state index in [0.29, 0.717) is 12.1 Å². The fraction of sp³-hybridized carbons (Fsp3) is 0.333. The van der Waals surface area contributed by atoms with Gasteiger partial charge in [0.1, 0.15) is 5.82 Å². The van der Waals surface area contributed by atoms with E-state index in [1.165, 1.54) is 30.4 Å². The molecule has 2 heterocycles. The summed E-state index contributed by atoms with van der Waals surface area (Å²) in [5.41, 5.74) is 2.59. The summed E-state index contributed by atoms with van der Waals surface area (Å²) >= 11 is 0. The first kappa shape index (κ1) is 12.1. The number of rotatable bonds is 1. The molecule has 2 aliphatic heterocycles. The summed E-state index contributed by atoms with van der Waals surface area (Å²) in [5, 5.41) is 5.43. The third-order valence-corrected chi connectivity index (χ3v) is 4.60. The van der Waals surface area contributed by atoms with Crippen LogP contribution in [0.25, 0.3) is 16.3 Å². The Bertz CT molecular complexity index is 689. The number of hydrogen-bond acceptors (Lipinski definition) is 1. The molecule has 0 aliphatic carbocycles. The second kappa shape index (κ2) is 4.71. The summed E-state index contributed by atoms with van der Waals surface area (Å²) in [7, 11) is 0. The van der Waals surface area contributed by atoms with Gasteiger partial charge in [-0.3, -0.25) is 0 Å². The van der Waals surface area contributed by atoms with Crippen LogP contribution in [0.15, 0.2) is 42.5 Å². The van der Waals surface area contributed by atoms with Gasteiger partial charge in [0.15, 0.2) is 0 Å². The summed E-state index contributed by atoms with van der Waals surface area (Å²) in [5.74, 6) is -0.126. The molecule has 0 spiro atoms. The van der Waals surface area contributed by atoms with E-state index in [1.54, 1.807) is 6.07 Å². The standard InChI is InChI=1S/C18H18FN/c19-18-9-8-15(16-6-1-2-7-17(16)18)12-10-13-4-3-5-14(11-12)20-13/h1-2,6-10,13-14,20H,3-5,11H2. The van der Waals surface area contributed by atoms with Crippen LogP contribution in [0.2, 0.25) is 0 Å². The van der Waals surface area contributed by atoms with Crippen LogP contribution >= 0.6 is 0 Å². The van der Waals surface area contributed by atoms with Gasteiger partial charge in [0.2, 0.25) is 0 Å². The van der Waals surface area contributed by atoms with Crippen molar-refractivity contribution in [1.82, 2.24) is 5.32 Å². The first-order valence-electron chi connectivity index (χ1n) is 7.45. The van der Waals surface area contributed by atoms with Crippen LogP contribution in [0, 0.1) is 5.82 Å². The zero-order chi connectivity index (χ0) is 13.5. The van der Waals surface area contributed by atoms with Gasteiger partial charge in [-0.25, -0.2) is 4.39 Å². The van der Waals surface area contributed by atoms with Crippen LogP contribution in [0.1, 0.15) is 31.2 Å². The van der Waals surface area contributed by atoms with Gasteiger partial charge >= 0.3 is 0 Å². The van der Waals surface area contributed by atoms with E-state index in [9.17, 15) is 4.39 Å². The van der Waals surface area contributed by atoms with Crippen LogP contribution in [0.4, 0.5) is 4.39 Å². The Morgan fingerprint density at radius 1 is 1.00 bits per heavy atom. The van der Waals surface area contributed by atoms with E-state index in [0.717, 1.165) is 17.2 Å². The topological polar surface area (TPSA) is 12.0 Å². The lowest BCUT2D eigenvalue weighted by molar-refractivity contribution is 0.348. The van der Waals surface area contributed by atoms with Crippen molar-refractivity contribution in [2.24, 2.45) is 0 Å². The maximum Gasteiger partial charge on any atom is 0.131 e. The molecule has 0 saturated carbocycles. The molecule has 0 amide bonds. The Morgan fingerprint density at radius 2 is 1.85 bits per heavy atom. The minimum atomic E-state index is -0.126. The zero-order valence-corrected chi connectivity index (χ0v) is 11.4. The Labute approximate surface area is 118 Å². The first-order chi connectivity index (χ1) is 9.81. The predicted molar refractivity (Wildman–Crippen MR) is 81.1 cm³/mol. The van der Waals surface area contributed by atoms with Gasteiger partial charge in [-0.15, -0.1) is 0 Å². The van der Waals surface area contributed by atoms with Gasteiger partial charge in [-0.2, -0.15) is 0 Å². The molecule has 0 aromatic heterocycles. The SMILES string of the molecule is Fc1ccc(C2=CC3CCCC(C2)N3)c2ccccc12. The molecule has 1 fully saturated rings. The van der Waals surface area contributed by atoms with Crippen molar-refractivity contribution < 1.29 is 4.39 Å². The molecule has 0 radical (unpaired) electrons. The molecule has 2 aliphatic rings. The van der Waals surface area contributed by atoms with Crippen LogP contribution in [-0.4, -0.2) is 12.1 Å². The second-order valence-corrected chi connectivity index (χ2v) is 5.94. The maximum atomic E-state index is 13.9. The van der Waals surface area contributed by atoms with E-state index in [2.05, 4.69) is 11.4 Å². The van der Waals surface area contributed by atoms with Crippen molar-refractivity contribution in [1.29, 1.82) is 0 Å². The minimum absolute atomic E-state index is 0.126. The molecule has 2 aromatic carbocycles. The average molecular weight is 267 g/mol. The Kier molecular flexibility index (Phi) is 2.85. The Balaban J connectivity index is 1.86. The highest BCUT2D eigenvalue weighted by molar-refractivity contribution is 5.94. The minimum Gasteiger partial charge on any atom is -0.307 e. The molecule has 1 N–H and O–H groups in total. The largest absolute Gasteiger partial charge is 0.307 e. The van der Waals surface area contributed by atoms with E-state index in [4.69, 9.17) is 0 Å². The normalized spacial score (nSPS) is 25.6. The lowest BCUT2D eigenvalue weighted by atomic mass is 9.83. The number of fused-ring (bicyclic) bond motifs is 3. The number of piperidine rings is 1. The van der Waals surface area contributed by atoms with E-state index < -0.39 is 0 Å². The van der Waals surface area contributed by atoms with E-state index >= 15 is 0 Å². The highest BCUT2D eigenvalue weighted by Gasteiger charge is 2.26. The number of benzene rings is 2. The molecule has 102 valence electrons. The predicted octanol–water partition coefficient (Wildman–Crippen LogP) is 4.28. The number of hydrogen-bond donors (Lipinski definition) is 1. The van der Waals surface area contributed by atoms with E-state index in [-0.39, 0.29) is 5.82 Å². The van der Waals surface area contributed by atoms with Crippen LogP contribution < -0.4 is 5.32 Å². The summed E-state index contributed by atoms with van der Waals surface area (Å²) in [4.78, 5) is 0. The molecule has 4 rings (SSSR count). The molecule has 2 atom stereocenters. The Hall–Kier alpha value is -1.67. The van der Waals surface area contributed by atoms with Gasteiger partial charge in [-0.1, -0.05) is 42.8 Å². The van der Waals surface area contributed by atoms with Gasteiger partial charge in [-0.05, 0) is 41.9 Å². The molecule has 1 saturated heterocycles. The van der Waals surface area contributed by atoms with Gasteiger partial charge in [0.25, 0.3) is 0 Å². The van der Waals surface area contributed by atoms with Crippen LogP contribution in [0.5, 0.6) is 0 Å². The van der Waals surface area contributed by atoms with Gasteiger partial charge in [0, 0.05) is 17.5 Å². The zero-order valence-electron chi connectivity index (χ0n) is 11.4. The lowest BCUT2D eigenvalue weighted by Gasteiger charge is -2.35. The molecular formula is C18H18FN. The smallest absolute Gasteiger partial charge is 0.131 e. The first-order valence-corrected chi connectivity index (χ1v) is 7.45. The van der Waals surface area contributed by atoms with Crippen LogP contribution in [0.3, 0.4) is 0 Å². The molecular weight excluding hydrogens is 249 g/mol. The monoisotopic (exact) mass is 267 g/mol. The maximum absolute atomic E-state index is 13.9. The van der Waals surface area contributed by atoms with Crippen molar-refractivity contribution in [3.63, 3.8) is 0 Å². The molecule has 2 bridgehead atoms. The molecule has 2 unspecified atom stereocenters. The van der Waals surface area contributed by atoms with Crippen molar-refractivity contribution in [2.75, 3.05) is 0 Å². The lowest BCUT2D eigenvalue weighted by Crippen LogP contribution is -2.44. The highest BCUT2D eigenvalue weighted by Crippen LogP contribution is 2.34. The quantitative estimate of drug-likeness (QED) is 0.813. The Morgan fingerprint density at radius 3 is 2.70 bits per heavy atom. The average Bonchev–Trinajstić information content (AvgIpc) is 2.47. The van der Waals surface area contributed by atoms with Crippen molar-refractivity contribution in [3.8, 4) is 0 Å². The summed E-state index contributed by atoms with van der Waals surface area (Å²) in [6.45, 7) is 0. The van der Waals surface area contributed by atoms with Crippen molar-refractivity contribution >= 4 is 16.3 Å². The molecule has 2 heteroatoms.